The summed E-state index contributed by atoms with van der Waals surface area (Å²) in [6, 6.07) is 8.03. The molecule has 1 rings (SSSR count). The summed E-state index contributed by atoms with van der Waals surface area (Å²) >= 11 is 0. The molecule has 1 aromatic rings. The van der Waals surface area contributed by atoms with E-state index in [1.807, 2.05) is 31.2 Å². The number of hydrogen-bond donors (Lipinski definition) is 1. The number of rotatable bonds is 6. The van der Waals surface area contributed by atoms with E-state index in [4.69, 9.17) is 9.57 Å². The lowest BCUT2D eigenvalue weighted by Gasteiger charge is -2.13. The second kappa shape index (κ2) is 6.22. The summed E-state index contributed by atoms with van der Waals surface area (Å²) in [6.45, 7) is 6.10. The zero-order valence-electron chi connectivity index (χ0n) is 9.19. The van der Waals surface area contributed by atoms with Crippen LogP contribution in [0, 0.1) is 0 Å². The summed E-state index contributed by atoms with van der Waals surface area (Å²) in [7, 11) is 1.66. The van der Waals surface area contributed by atoms with Crippen molar-refractivity contribution < 1.29 is 9.57 Å². The van der Waals surface area contributed by atoms with Gasteiger partial charge in [-0.1, -0.05) is 18.2 Å². The minimum Gasteiger partial charge on any atom is -0.497 e. The zero-order valence-corrected chi connectivity index (χ0v) is 9.19. The molecular formula is C12H17NO2. The lowest BCUT2D eigenvalue weighted by molar-refractivity contribution is 0.0391. The van der Waals surface area contributed by atoms with Crippen molar-refractivity contribution in [3.05, 3.63) is 42.5 Å². The van der Waals surface area contributed by atoms with Crippen LogP contribution < -0.4 is 10.2 Å². The molecule has 0 aliphatic heterocycles. The summed E-state index contributed by atoms with van der Waals surface area (Å²) in [5, 5.41) is 0. The highest BCUT2D eigenvalue weighted by Gasteiger charge is 2.04. The van der Waals surface area contributed by atoms with Gasteiger partial charge < -0.3 is 4.74 Å². The normalized spacial score (nSPS) is 12.1. The number of hydroxylamine groups is 1. The molecule has 0 bridgehead atoms. The van der Waals surface area contributed by atoms with E-state index >= 15 is 0 Å². The van der Waals surface area contributed by atoms with Crippen LogP contribution in [-0.2, 0) is 4.84 Å². The molecule has 0 fully saturated rings. The van der Waals surface area contributed by atoms with Crippen LogP contribution in [-0.4, -0.2) is 13.7 Å². The Labute approximate surface area is 90.7 Å². The van der Waals surface area contributed by atoms with Crippen molar-refractivity contribution >= 4 is 0 Å². The molecule has 1 atom stereocenters. The summed E-state index contributed by atoms with van der Waals surface area (Å²) in [5.41, 5.74) is 4.08. The van der Waals surface area contributed by atoms with Gasteiger partial charge in [0.15, 0.2) is 0 Å². The van der Waals surface area contributed by atoms with Gasteiger partial charge in [0.05, 0.1) is 19.8 Å². The lowest BCUT2D eigenvalue weighted by Crippen LogP contribution is -2.19. The predicted octanol–water partition coefficient (Wildman–Crippen LogP) is 2.46. The Balaban J connectivity index is 2.50. The van der Waals surface area contributed by atoms with E-state index in [2.05, 4.69) is 12.1 Å². The number of methoxy groups -OCH3 is 1. The molecule has 0 radical (unpaired) electrons. The summed E-state index contributed by atoms with van der Waals surface area (Å²) in [6.07, 6.45) is 1.70. The number of ether oxygens (including phenoxy) is 1. The Hall–Kier alpha value is -1.32. The highest BCUT2D eigenvalue weighted by molar-refractivity contribution is 5.28. The second-order valence-electron chi connectivity index (χ2n) is 3.21. The van der Waals surface area contributed by atoms with Crippen LogP contribution in [0.25, 0.3) is 0 Å². The molecule has 82 valence electrons. The second-order valence-corrected chi connectivity index (χ2v) is 3.21. The van der Waals surface area contributed by atoms with Gasteiger partial charge >= 0.3 is 0 Å². The quantitative estimate of drug-likeness (QED) is 0.441. The van der Waals surface area contributed by atoms with E-state index in [-0.39, 0.29) is 6.04 Å². The van der Waals surface area contributed by atoms with Crippen LogP contribution in [0.4, 0.5) is 0 Å². The van der Waals surface area contributed by atoms with Crippen LogP contribution in [0.5, 0.6) is 5.75 Å². The molecule has 0 aliphatic rings. The fourth-order valence-electron chi connectivity index (χ4n) is 1.19. The largest absolute Gasteiger partial charge is 0.497 e. The van der Waals surface area contributed by atoms with Crippen molar-refractivity contribution in [2.75, 3.05) is 13.7 Å². The first kappa shape index (κ1) is 11.8. The Morgan fingerprint density at radius 1 is 1.40 bits per heavy atom. The summed E-state index contributed by atoms with van der Waals surface area (Å²) in [4.78, 5) is 5.16. The van der Waals surface area contributed by atoms with Gasteiger partial charge in [0, 0.05) is 0 Å². The van der Waals surface area contributed by atoms with Crippen LogP contribution >= 0.6 is 0 Å². The number of nitrogens with one attached hydrogen (secondary N) is 1. The monoisotopic (exact) mass is 207 g/mol. The molecule has 0 spiro atoms. The lowest BCUT2D eigenvalue weighted by atomic mass is 10.1. The minimum atomic E-state index is 0.149. The maximum atomic E-state index is 5.16. The van der Waals surface area contributed by atoms with E-state index in [0.29, 0.717) is 6.61 Å². The molecule has 3 nitrogen and oxygen atoms in total. The first-order chi connectivity index (χ1) is 7.27. The van der Waals surface area contributed by atoms with E-state index in [0.717, 1.165) is 11.3 Å². The molecule has 0 aliphatic carbocycles. The van der Waals surface area contributed by atoms with Crippen molar-refractivity contribution in [2.45, 2.75) is 13.0 Å². The molecule has 0 saturated heterocycles. The van der Waals surface area contributed by atoms with Gasteiger partial charge in [0.25, 0.3) is 0 Å². The smallest absolute Gasteiger partial charge is 0.118 e. The third-order valence-electron chi connectivity index (χ3n) is 2.08. The van der Waals surface area contributed by atoms with E-state index in [1.54, 1.807) is 13.2 Å². The van der Waals surface area contributed by atoms with Crippen LogP contribution in [0.15, 0.2) is 36.9 Å². The predicted molar refractivity (Wildman–Crippen MR) is 60.7 cm³/mol. The SMILES string of the molecule is C=CCONC(C)c1ccc(OC)cc1. The molecular weight excluding hydrogens is 190 g/mol. The third kappa shape index (κ3) is 3.73. The number of benzene rings is 1. The molecule has 1 N–H and O–H groups in total. The fourth-order valence-corrected chi connectivity index (χ4v) is 1.19. The average molecular weight is 207 g/mol. The molecule has 0 amide bonds. The Bertz CT molecular complexity index is 295. The van der Waals surface area contributed by atoms with Crippen LogP contribution in [0.3, 0.4) is 0 Å². The first-order valence-corrected chi connectivity index (χ1v) is 4.90. The zero-order chi connectivity index (χ0) is 11.1. The van der Waals surface area contributed by atoms with Gasteiger partial charge in [-0.15, -0.1) is 6.58 Å². The Kier molecular flexibility index (Phi) is 4.87. The van der Waals surface area contributed by atoms with E-state index in [9.17, 15) is 0 Å². The highest BCUT2D eigenvalue weighted by Crippen LogP contribution is 2.16. The van der Waals surface area contributed by atoms with Gasteiger partial charge in [-0.2, -0.15) is 5.48 Å². The first-order valence-electron chi connectivity index (χ1n) is 4.90. The molecule has 0 saturated carbocycles. The maximum Gasteiger partial charge on any atom is 0.118 e. The van der Waals surface area contributed by atoms with Crippen molar-refractivity contribution in [3.8, 4) is 5.75 Å². The molecule has 0 aromatic heterocycles. The van der Waals surface area contributed by atoms with Gasteiger partial charge in [-0.25, -0.2) is 0 Å². The molecule has 15 heavy (non-hydrogen) atoms. The molecule has 1 aromatic carbocycles. The average Bonchev–Trinajstić information content (AvgIpc) is 2.29. The van der Waals surface area contributed by atoms with Gasteiger partial charge in [-0.3, -0.25) is 4.84 Å². The summed E-state index contributed by atoms with van der Waals surface area (Å²) in [5.74, 6) is 0.859. The molecule has 1 unspecified atom stereocenters. The standard InChI is InChI=1S/C12H17NO2/c1-4-9-15-13-10(2)11-5-7-12(14-3)8-6-11/h4-8,10,13H,1,9H2,2-3H3. The Morgan fingerprint density at radius 3 is 2.60 bits per heavy atom. The topological polar surface area (TPSA) is 30.5 Å². The van der Waals surface area contributed by atoms with Gasteiger partial charge in [0.1, 0.15) is 5.75 Å². The van der Waals surface area contributed by atoms with E-state index < -0.39 is 0 Å². The van der Waals surface area contributed by atoms with Crippen molar-refractivity contribution in [1.29, 1.82) is 0 Å². The van der Waals surface area contributed by atoms with Crippen LogP contribution in [0.1, 0.15) is 18.5 Å². The molecule has 3 heteroatoms. The maximum absolute atomic E-state index is 5.16. The van der Waals surface area contributed by atoms with E-state index in [1.165, 1.54) is 0 Å². The van der Waals surface area contributed by atoms with Crippen molar-refractivity contribution in [2.24, 2.45) is 0 Å². The minimum absolute atomic E-state index is 0.149. The van der Waals surface area contributed by atoms with Gasteiger partial charge in [-0.05, 0) is 24.6 Å². The van der Waals surface area contributed by atoms with Gasteiger partial charge in [0.2, 0.25) is 0 Å². The highest BCUT2D eigenvalue weighted by atomic mass is 16.6. The van der Waals surface area contributed by atoms with Crippen molar-refractivity contribution in [3.63, 3.8) is 0 Å². The number of hydrogen-bond acceptors (Lipinski definition) is 3. The fraction of sp³-hybridized carbons (Fsp3) is 0.333. The summed E-state index contributed by atoms with van der Waals surface area (Å²) < 4.78 is 5.08. The third-order valence-corrected chi connectivity index (χ3v) is 2.08. The van der Waals surface area contributed by atoms with Crippen molar-refractivity contribution in [1.82, 2.24) is 5.48 Å². The Morgan fingerprint density at radius 2 is 2.07 bits per heavy atom. The molecule has 0 heterocycles. The van der Waals surface area contributed by atoms with Crippen LogP contribution in [0.2, 0.25) is 0 Å².